The highest BCUT2D eigenvalue weighted by Crippen LogP contribution is 2.33. The predicted octanol–water partition coefficient (Wildman–Crippen LogP) is 6.20. The van der Waals surface area contributed by atoms with Crippen molar-refractivity contribution in [2.45, 2.75) is 72.8 Å². The van der Waals surface area contributed by atoms with E-state index >= 15 is 0 Å². The number of nitrogens with one attached hydrogen (secondary N) is 1. The van der Waals surface area contributed by atoms with E-state index in [4.69, 9.17) is 5.73 Å². The molecule has 0 heterocycles. The average molecular weight is 438 g/mol. The maximum absolute atomic E-state index is 11.4. The number of amides is 1. The van der Waals surface area contributed by atoms with Gasteiger partial charge in [-0.15, -0.1) is 0 Å². The molecule has 0 aromatic rings. The quantitative estimate of drug-likeness (QED) is 0.193. The van der Waals surface area contributed by atoms with E-state index in [1.807, 2.05) is 14.0 Å². The Balaban J connectivity index is 3.09. The number of hydrogen-bond acceptors (Lipinski definition) is 3. The fourth-order valence-electron chi connectivity index (χ4n) is 4.36. The molecule has 0 radical (unpaired) electrons. The Kier molecular flexibility index (Phi) is 11.2. The number of nitrogens with zero attached hydrogens (tertiary/aromatic N) is 1. The van der Waals surface area contributed by atoms with Gasteiger partial charge in [-0.05, 0) is 63.0 Å². The van der Waals surface area contributed by atoms with Gasteiger partial charge >= 0.3 is 0 Å². The molecule has 3 atom stereocenters. The number of nitrogens with two attached hydrogens (primary N) is 1. The van der Waals surface area contributed by atoms with Crippen LogP contribution in [0.15, 0.2) is 76.5 Å². The first kappa shape index (κ1) is 27.4. The van der Waals surface area contributed by atoms with Crippen molar-refractivity contribution >= 4 is 11.6 Å². The monoisotopic (exact) mass is 437 g/mol. The maximum atomic E-state index is 11.4. The highest BCUT2D eigenvalue weighted by molar-refractivity contribution is 6.12. The van der Waals surface area contributed by atoms with Crippen LogP contribution in [-0.2, 0) is 4.79 Å². The first-order valence-corrected chi connectivity index (χ1v) is 11.6. The number of rotatable bonds is 14. The van der Waals surface area contributed by atoms with Crippen LogP contribution in [0.4, 0.5) is 0 Å². The second kappa shape index (κ2) is 13.0. The summed E-state index contributed by atoms with van der Waals surface area (Å²) < 4.78 is 0. The number of primary amides is 1. The van der Waals surface area contributed by atoms with Crippen molar-refractivity contribution in [2.24, 2.45) is 22.6 Å². The van der Waals surface area contributed by atoms with Gasteiger partial charge in [0.05, 0.1) is 11.4 Å². The Labute approximate surface area is 195 Å². The van der Waals surface area contributed by atoms with Gasteiger partial charge < -0.3 is 11.1 Å². The van der Waals surface area contributed by atoms with Crippen LogP contribution in [0.25, 0.3) is 0 Å². The molecule has 1 aliphatic rings. The van der Waals surface area contributed by atoms with Crippen LogP contribution < -0.4 is 11.1 Å². The van der Waals surface area contributed by atoms with Crippen molar-refractivity contribution in [3.63, 3.8) is 0 Å². The van der Waals surface area contributed by atoms with Crippen LogP contribution in [0, 0.1) is 11.8 Å². The van der Waals surface area contributed by atoms with Crippen molar-refractivity contribution in [2.75, 3.05) is 7.05 Å². The van der Waals surface area contributed by atoms with Gasteiger partial charge in [-0.2, -0.15) is 0 Å². The van der Waals surface area contributed by atoms with Gasteiger partial charge in [0.2, 0.25) is 5.91 Å². The second-order valence-electron chi connectivity index (χ2n) is 9.05. The van der Waals surface area contributed by atoms with Crippen molar-refractivity contribution in [1.82, 2.24) is 5.32 Å². The largest absolute Gasteiger partial charge is 0.377 e. The van der Waals surface area contributed by atoms with Gasteiger partial charge in [0.1, 0.15) is 0 Å². The lowest BCUT2D eigenvalue weighted by molar-refractivity contribution is -0.118. The third kappa shape index (κ3) is 7.81. The van der Waals surface area contributed by atoms with Gasteiger partial charge in [-0.25, -0.2) is 0 Å². The van der Waals surface area contributed by atoms with Gasteiger partial charge in [0.25, 0.3) is 0 Å². The molecule has 176 valence electrons. The molecular formula is C28H43N3O. The molecule has 0 aromatic heterocycles. The van der Waals surface area contributed by atoms with Gasteiger partial charge in [-0.1, -0.05) is 75.0 Å². The lowest BCUT2D eigenvalue weighted by Crippen LogP contribution is -2.40. The molecule has 4 heteroatoms. The maximum Gasteiger partial charge on any atom is 0.217 e. The number of carbonyl (C=O) groups is 1. The molecule has 0 bridgehead atoms. The summed E-state index contributed by atoms with van der Waals surface area (Å²) >= 11 is 0. The first-order chi connectivity index (χ1) is 15.0. The Morgan fingerprint density at radius 1 is 1.22 bits per heavy atom. The normalized spacial score (nSPS) is 17.2. The minimum Gasteiger partial charge on any atom is -0.377 e. The molecule has 3 N–H and O–H groups in total. The number of allylic oxidation sites excluding steroid dienone is 7. The standard InChI is InChI=1S/C28H43N3O/c1-10-23(17-25(15-16-26(29)32)20(6)18(2)3)21(7)27(19(4)5)31-22(8)28(30-9)24-13-11-12-14-24/h11-13,21,23,27,31H,2,4,8,10,14-17H2,1,3,5-7,9H3,(H2,29,32)/b25-20+,30-28-. The van der Waals surface area contributed by atoms with E-state index in [0.717, 1.165) is 41.8 Å². The van der Waals surface area contributed by atoms with E-state index in [1.54, 1.807) is 0 Å². The average Bonchev–Trinajstić information content (AvgIpc) is 3.25. The van der Waals surface area contributed by atoms with E-state index < -0.39 is 0 Å². The van der Waals surface area contributed by atoms with E-state index in [-0.39, 0.29) is 11.9 Å². The highest BCUT2D eigenvalue weighted by atomic mass is 16.1. The van der Waals surface area contributed by atoms with E-state index in [9.17, 15) is 4.79 Å². The lowest BCUT2D eigenvalue weighted by Gasteiger charge is -2.34. The minimum absolute atomic E-state index is 0.0710. The molecule has 1 rings (SSSR count). The molecular weight excluding hydrogens is 394 g/mol. The Morgan fingerprint density at radius 3 is 2.31 bits per heavy atom. The van der Waals surface area contributed by atoms with E-state index in [2.05, 4.69) is 76.0 Å². The van der Waals surface area contributed by atoms with Gasteiger partial charge in [-0.3, -0.25) is 9.79 Å². The van der Waals surface area contributed by atoms with E-state index in [0.29, 0.717) is 24.7 Å². The molecule has 0 saturated carbocycles. The summed E-state index contributed by atoms with van der Waals surface area (Å²) in [5.74, 6) is 0.450. The van der Waals surface area contributed by atoms with Crippen LogP contribution in [0.2, 0.25) is 0 Å². The van der Waals surface area contributed by atoms with Crippen molar-refractivity contribution < 1.29 is 4.79 Å². The van der Waals surface area contributed by atoms with Gasteiger partial charge in [0, 0.05) is 19.5 Å². The van der Waals surface area contributed by atoms with E-state index in [1.165, 1.54) is 16.7 Å². The molecule has 0 aromatic carbocycles. The van der Waals surface area contributed by atoms with Crippen LogP contribution in [0.1, 0.15) is 66.7 Å². The molecule has 32 heavy (non-hydrogen) atoms. The molecule has 0 aliphatic heterocycles. The molecule has 0 saturated heterocycles. The molecule has 1 amide bonds. The van der Waals surface area contributed by atoms with Crippen molar-refractivity contribution in [1.29, 1.82) is 0 Å². The summed E-state index contributed by atoms with van der Waals surface area (Å²) in [5.41, 5.74) is 12.9. The Morgan fingerprint density at radius 2 is 1.88 bits per heavy atom. The summed E-state index contributed by atoms with van der Waals surface area (Å²) in [6, 6.07) is 0.0710. The molecule has 0 fully saturated rings. The number of aliphatic imine (C=N–C) groups is 1. The predicted molar refractivity (Wildman–Crippen MR) is 140 cm³/mol. The summed E-state index contributed by atoms with van der Waals surface area (Å²) in [5, 5.41) is 3.63. The zero-order valence-corrected chi connectivity index (χ0v) is 21.1. The van der Waals surface area contributed by atoms with Crippen LogP contribution in [0.5, 0.6) is 0 Å². The number of carbonyl (C=O) groups excluding carboxylic acids is 1. The fourth-order valence-corrected chi connectivity index (χ4v) is 4.36. The SMILES string of the molecule is C=C(NC(C(=C)C)C(C)C(CC)C/C(CCC(N)=O)=C(\C)C(=C)C)/C(=N/C)C1=CC=CC1. The molecule has 4 nitrogen and oxygen atoms in total. The summed E-state index contributed by atoms with van der Waals surface area (Å²) in [6.07, 6.45) is 10.1. The van der Waals surface area contributed by atoms with Crippen LogP contribution >= 0.6 is 0 Å². The van der Waals surface area contributed by atoms with Gasteiger partial charge in [0.15, 0.2) is 0 Å². The van der Waals surface area contributed by atoms with Crippen molar-refractivity contribution in [3.05, 3.63) is 71.5 Å². The zero-order valence-electron chi connectivity index (χ0n) is 21.1. The molecule has 3 unspecified atom stereocenters. The molecule has 0 spiro atoms. The smallest absolute Gasteiger partial charge is 0.217 e. The number of hydrogen-bond donors (Lipinski definition) is 2. The van der Waals surface area contributed by atoms with Crippen molar-refractivity contribution in [3.8, 4) is 0 Å². The second-order valence-corrected chi connectivity index (χ2v) is 9.05. The zero-order chi connectivity index (χ0) is 24.4. The first-order valence-electron chi connectivity index (χ1n) is 11.6. The molecule has 1 aliphatic carbocycles. The Bertz CT molecular complexity index is 854. The summed E-state index contributed by atoms with van der Waals surface area (Å²) in [4.78, 5) is 15.9. The van der Waals surface area contributed by atoms with Crippen LogP contribution in [-0.4, -0.2) is 24.7 Å². The third-order valence-corrected chi connectivity index (χ3v) is 6.59. The summed E-state index contributed by atoms with van der Waals surface area (Å²) in [6.45, 7) is 23.4. The summed E-state index contributed by atoms with van der Waals surface area (Å²) in [7, 11) is 1.81. The Hall–Kier alpha value is -2.62. The fraction of sp³-hybridized carbons (Fsp3) is 0.500. The highest BCUT2D eigenvalue weighted by Gasteiger charge is 2.28. The third-order valence-electron chi connectivity index (χ3n) is 6.59. The lowest BCUT2D eigenvalue weighted by atomic mass is 9.77. The minimum atomic E-state index is -0.266. The topological polar surface area (TPSA) is 67.5 Å². The van der Waals surface area contributed by atoms with Crippen LogP contribution in [0.3, 0.4) is 0 Å².